The van der Waals surface area contributed by atoms with Crippen LogP contribution in [0.1, 0.15) is 31.7 Å². The minimum absolute atomic E-state index is 0.0370. The van der Waals surface area contributed by atoms with Crippen LogP contribution in [0.15, 0.2) is 18.2 Å². The molecule has 1 heterocycles. The summed E-state index contributed by atoms with van der Waals surface area (Å²) in [5.41, 5.74) is 0.912. The minimum Gasteiger partial charge on any atom is -0.493 e. The summed E-state index contributed by atoms with van der Waals surface area (Å²) in [5, 5.41) is 8.91. The molecule has 0 aliphatic carbocycles. The predicted octanol–water partition coefficient (Wildman–Crippen LogP) is 0.968. The molecule has 7 nitrogen and oxygen atoms in total. The molecular weight excluding hydrogens is 322 g/mol. The van der Waals surface area contributed by atoms with Crippen LogP contribution >= 0.6 is 0 Å². The molecule has 0 radical (unpaired) electrons. The van der Waals surface area contributed by atoms with Gasteiger partial charge < -0.3 is 25.4 Å². The van der Waals surface area contributed by atoms with E-state index in [0.717, 1.165) is 24.9 Å². The number of hydrogen-bond donors (Lipinski definition) is 3. The Morgan fingerprint density at radius 2 is 2.08 bits per heavy atom. The Labute approximate surface area is 148 Å². The summed E-state index contributed by atoms with van der Waals surface area (Å²) < 4.78 is 10.8. The highest BCUT2D eigenvalue weighted by atomic mass is 16.5. The topological polar surface area (TPSA) is 88.7 Å². The summed E-state index contributed by atoms with van der Waals surface area (Å²) in [5.74, 6) is 0.892. The first-order chi connectivity index (χ1) is 12.1. The number of carbonyl (C=O) groups is 2. The van der Waals surface area contributed by atoms with E-state index in [1.165, 1.54) is 0 Å². The van der Waals surface area contributed by atoms with Crippen molar-refractivity contribution in [3.8, 4) is 11.5 Å². The molecule has 25 heavy (non-hydrogen) atoms. The van der Waals surface area contributed by atoms with Gasteiger partial charge in [-0.1, -0.05) is 6.07 Å². The number of ether oxygens (including phenoxy) is 2. The molecule has 0 bridgehead atoms. The standard InChI is InChI=1S/C18H27N3O4/c1-3-19-18(23)12-25-15-7-6-13(9-16(15)24-2)11-21-17(22)10-14-5-4-8-20-14/h6-7,9,14,20H,3-5,8,10-12H2,1-2H3,(H,19,23)(H,21,22). The van der Waals surface area contributed by atoms with Crippen molar-refractivity contribution in [2.45, 2.75) is 38.8 Å². The fourth-order valence-corrected chi connectivity index (χ4v) is 2.76. The van der Waals surface area contributed by atoms with Gasteiger partial charge in [0, 0.05) is 25.6 Å². The van der Waals surface area contributed by atoms with Gasteiger partial charge in [-0.15, -0.1) is 0 Å². The van der Waals surface area contributed by atoms with Gasteiger partial charge in [-0.2, -0.15) is 0 Å². The number of amides is 2. The van der Waals surface area contributed by atoms with Crippen LogP contribution < -0.4 is 25.4 Å². The monoisotopic (exact) mass is 349 g/mol. The molecular formula is C18H27N3O4. The van der Waals surface area contributed by atoms with Crippen molar-refractivity contribution in [2.75, 3.05) is 26.8 Å². The van der Waals surface area contributed by atoms with E-state index in [0.29, 0.717) is 37.1 Å². The number of benzene rings is 1. The molecule has 2 amide bonds. The zero-order chi connectivity index (χ0) is 18.1. The molecule has 1 fully saturated rings. The summed E-state index contributed by atoms with van der Waals surface area (Å²) >= 11 is 0. The highest BCUT2D eigenvalue weighted by Gasteiger charge is 2.17. The number of nitrogens with one attached hydrogen (secondary N) is 3. The fourth-order valence-electron chi connectivity index (χ4n) is 2.76. The zero-order valence-electron chi connectivity index (χ0n) is 14.9. The second-order valence-electron chi connectivity index (χ2n) is 6.00. The van der Waals surface area contributed by atoms with Gasteiger partial charge in [0.25, 0.3) is 5.91 Å². The van der Waals surface area contributed by atoms with Gasteiger partial charge in [0.15, 0.2) is 18.1 Å². The first-order valence-electron chi connectivity index (χ1n) is 8.69. The Hall–Kier alpha value is -2.28. The van der Waals surface area contributed by atoms with Gasteiger partial charge in [-0.3, -0.25) is 9.59 Å². The normalized spacial score (nSPS) is 16.3. The largest absolute Gasteiger partial charge is 0.493 e. The summed E-state index contributed by atoms with van der Waals surface area (Å²) in [4.78, 5) is 23.5. The Balaban J connectivity index is 1.84. The lowest BCUT2D eigenvalue weighted by atomic mass is 10.1. The van der Waals surface area contributed by atoms with Crippen LogP contribution in [0.25, 0.3) is 0 Å². The maximum atomic E-state index is 12.0. The molecule has 1 aromatic rings. The van der Waals surface area contributed by atoms with Crippen LogP contribution in [-0.2, 0) is 16.1 Å². The lowest BCUT2D eigenvalue weighted by molar-refractivity contribution is -0.123. The molecule has 7 heteroatoms. The maximum Gasteiger partial charge on any atom is 0.257 e. The Bertz CT molecular complexity index is 586. The Morgan fingerprint density at radius 3 is 2.76 bits per heavy atom. The molecule has 0 aromatic heterocycles. The van der Waals surface area contributed by atoms with Gasteiger partial charge >= 0.3 is 0 Å². The van der Waals surface area contributed by atoms with Crippen molar-refractivity contribution >= 4 is 11.8 Å². The molecule has 1 atom stereocenters. The number of methoxy groups -OCH3 is 1. The fraction of sp³-hybridized carbons (Fsp3) is 0.556. The third-order valence-corrected chi connectivity index (χ3v) is 4.04. The molecule has 0 spiro atoms. The predicted molar refractivity (Wildman–Crippen MR) is 94.7 cm³/mol. The van der Waals surface area contributed by atoms with Crippen LogP contribution in [0.5, 0.6) is 11.5 Å². The van der Waals surface area contributed by atoms with Crippen LogP contribution in [0.4, 0.5) is 0 Å². The summed E-state index contributed by atoms with van der Waals surface area (Å²) in [6, 6.07) is 5.70. The summed E-state index contributed by atoms with van der Waals surface area (Å²) in [7, 11) is 1.54. The number of hydrogen-bond acceptors (Lipinski definition) is 5. The molecule has 3 N–H and O–H groups in total. The van der Waals surface area contributed by atoms with Gasteiger partial charge in [0.2, 0.25) is 5.91 Å². The summed E-state index contributed by atoms with van der Waals surface area (Å²) in [6.07, 6.45) is 2.69. The lowest BCUT2D eigenvalue weighted by Crippen LogP contribution is -2.31. The molecule has 138 valence electrons. The van der Waals surface area contributed by atoms with E-state index in [2.05, 4.69) is 16.0 Å². The van der Waals surface area contributed by atoms with Crippen molar-refractivity contribution in [2.24, 2.45) is 0 Å². The van der Waals surface area contributed by atoms with Crippen LogP contribution in [0.2, 0.25) is 0 Å². The van der Waals surface area contributed by atoms with E-state index < -0.39 is 0 Å². The van der Waals surface area contributed by atoms with Crippen LogP contribution in [-0.4, -0.2) is 44.7 Å². The van der Waals surface area contributed by atoms with E-state index in [9.17, 15) is 9.59 Å². The smallest absolute Gasteiger partial charge is 0.257 e. The molecule has 1 unspecified atom stereocenters. The number of carbonyl (C=O) groups excluding carboxylic acids is 2. The molecule has 1 aromatic carbocycles. The first kappa shape index (κ1) is 19.1. The second-order valence-corrected chi connectivity index (χ2v) is 6.00. The van der Waals surface area contributed by atoms with Gasteiger partial charge in [0.05, 0.1) is 7.11 Å². The van der Waals surface area contributed by atoms with E-state index in [4.69, 9.17) is 9.47 Å². The van der Waals surface area contributed by atoms with Gasteiger partial charge in [-0.05, 0) is 44.0 Å². The van der Waals surface area contributed by atoms with Gasteiger partial charge in [-0.25, -0.2) is 0 Å². The van der Waals surface area contributed by atoms with E-state index in [1.807, 2.05) is 13.0 Å². The minimum atomic E-state index is -0.179. The highest BCUT2D eigenvalue weighted by molar-refractivity contribution is 5.77. The zero-order valence-corrected chi connectivity index (χ0v) is 14.9. The van der Waals surface area contributed by atoms with E-state index >= 15 is 0 Å². The third kappa shape index (κ3) is 6.26. The van der Waals surface area contributed by atoms with Gasteiger partial charge in [0.1, 0.15) is 0 Å². The van der Waals surface area contributed by atoms with Crippen molar-refractivity contribution in [3.63, 3.8) is 0 Å². The average Bonchev–Trinajstić information content (AvgIpc) is 3.11. The first-order valence-corrected chi connectivity index (χ1v) is 8.69. The third-order valence-electron chi connectivity index (χ3n) is 4.04. The molecule has 1 aliphatic heterocycles. The van der Waals surface area contributed by atoms with E-state index in [1.54, 1.807) is 19.2 Å². The highest BCUT2D eigenvalue weighted by Crippen LogP contribution is 2.28. The van der Waals surface area contributed by atoms with Crippen molar-refractivity contribution in [1.29, 1.82) is 0 Å². The Kier molecular flexibility index (Phi) is 7.53. The lowest BCUT2D eigenvalue weighted by Gasteiger charge is -2.13. The average molecular weight is 349 g/mol. The molecule has 2 rings (SSSR count). The van der Waals surface area contributed by atoms with Crippen molar-refractivity contribution in [1.82, 2.24) is 16.0 Å². The van der Waals surface area contributed by atoms with Crippen LogP contribution in [0, 0.1) is 0 Å². The van der Waals surface area contributed by atoms with Crippen LogP contribution in [0.3, 0.4) is 0 Å². The SMILES string of the molecule is CCNC(=O)COc1ccc(CNC(=O)CC2CCCN2)cc1OC. The number of likely N-dealkylation sites (N-methyl/N-ethyl adjacent to an activating group) is 1. The molecule has 0 saturated carbocycles. The van der Waals surface area contributed by atoms with E-state index in [-0.39, 0.29) is 18.4 Å². The quantitative estimate of drug-likeness (QED) is 0.618. The van der Waals surface area contributed by atoms with Crippen molar-refractivity contribution in [3.05, 3.63) is 23.8 Å². The van der Waals surface area contributed by atoms with Crippen molar-refractivity contribution < 1.29 is 19.1 Å². The summed E-state index contributed by atoms with van der Waals surface area (Å²) in [6.45, 7) is 3.78. The molecule has 1 saturated heterocycles. The molecule has 1 aliphatic rings. The Morgan fingerprint density at radius 1 is 1.24 bits per heavy atom. The second kappa shape index (κ2) is 9.88. The number of rotatable bonds is 9. The maximum absolute atomic E-state index is 12.0.